The zero-order valence-corrected chi connectivity index (χ0v) is 24.1. The molecule has 3 atom stereocenters. The van der Waals surface area contributed by atoms with E-state index < -0.39 is 0 Å². The predicted molar refractivity (Wildman–Crippen MR) is 147 cm³/mol. The SMILES string of the molecule is C=CC(=O)OCCCCC.CCC(C)O.CCC(C)OC(=O)c1ccc(O)cc1.CCC(C)OC(C)=O. The van der Waals surface area contributed by atoms with Gasteiger partial charge in [-0.3, -0.25) is 4.79 Å². The standard InChI is InChI=1S/C11H14O3.C8H14O2.C6H12O2.C4H10O/c1-3-8(2)14-11(13)9-4-6-10(12)7-5-9;1-3-5-6-7-10-8(9)4-2;1-4-5(2)8-6(3)7;1-3-4(2)5/h4-8,12H,3H2,1-2H3;4H,2-3,5-7H2,1H3;5H,4H2,1-3H3;4-5H,3H2,1-2H3. The third kappa shape index (κ3) is 29.3. The molecule has 0 aliphatic carbocycles. The van der Waals surface area contributed by atoms with Crippen molar-refractivity contribution in [1.82, 2.24) is 0 Å². The molecule has 0 fully saturated rings. The Hall–Kier alpha value is -2.87. The van der Waals surface area contributed by atoms with Crippen LogP contribution in [0, 0.1) is 0 Å². The number of esters is 3. The predicted octanol–water partition coefficient (Wildman–Crippen LogP) is 6.38. The zero-order valence-electron chi connectivity index (χ0n) is 24.1. The lowest BCUT2D eigenvalue weighted by atomic mass is 10.2. The van der Waals surface area contributed by atoms with Crippen molar-refractivity contribution in [3.05, 3.63) is 42.5 Å². The van der Waals surface area contributed by atoms with Gasteiger partial charge >= 0.3 is 17.9 Å². The number of aromatic hydroxyl groups is 1. The summed E-state index contributed by atoms with van der Waals surface area (Å²) >= 11 is 0. The van der Waals surface area contributed by atoms with Gasteiger partial charge in [-0.1, -0.05) is 47.1 Å². The number of hydrogen-bond donors (Lipinski definition) is 2. The Morgan fingerprint density at radius 1 is 0.892 bits per heavy atom. The lowest BCUT2D eigenvalue weighted by molar-refractivity contribution is -0.145. The zero-order chi connectivity index (χ0) is 29.2. The van der Waals surface area contributed by atoms with Crippen LogP contribution in [-0.2, 0) is 23.8 Å². The molecule has 0 bridgehead atoms. The fourth-order valence-corrected chi connectivity index (χ4v) is 1.88. The molecule has 0 amide bonds. The van der Waals surface area contributed by atoms with E-state index in [9.17, 15) is 14.4 Å². The van der Waals surface area contributed by atoms with Gasteiger partial charge in [-0.05, 0) is 70.7 Å². The van der Waals surface area contributed by atoms with E-state index in [4.69, 9.17) is 24.4 Å². The summed E-state index contributed by atoms with van der Waals surface area (Å²) in [6.07, 6.45) is 6.83. The second-order valence-electron chi connectivity index (χ2n) is 8.34. The molecular formula is C29H50O8. The number of phenols is 1. The summed E-state index contributed by atoms with van der Waals surface area (Å²) in [5, 5.41) is 17.4. The molecule has 3 unspecified atom stereocenters. The minimum absolute atomic E-state index is 0.0729. The molecule has 1 aromatic carbocycles. The number of aliphatic hydroxyl groups excluding tert-OH is 1. The fourth-order valence-electron chi connectivity index (χ4n) is 1.88. The van der Waals surface area contributed by atoms with E-state index in [0.717, 1.165) is 38.5 Å². The number of carbonyl (C=O) groups excluding carboxylic acids is 3. The Labute approximate surface area is 224 Å². The van der Waals surface area contributed by atoms with E-state index in [0.29, 0.717) is 12.2 Å². The molecular weight excluding hydrogens is 476 g/mol. The molecule has 0 saturated heterocycles. The summed E-state index contributed by atoms with van der Waals surface area (Å²) in [5.74, 6) is -0.722. The van der Waals surface area contributed by atoms with Gasteiger partial charge in [0, 0.05) is 13.0 Å². The van der Waals surface area contributed by atoms with Crippen LogP contribution in [0.5, 0.6) is 5.75 Å². The average Bonchev–Trinajstić information content (AvgIpc) is 2.87. The van der Waals surface area contributed by atoms with Crippen molar-refractivity contribution in [2.75, 3.05) is 6.61 Å². The van der Waals surface area contributed by atoms with Gasteiger partial charge in [0.1, 0.15) is 5.75 Å². The van der Waals surface area contributed by atoms with E-state index in [1.807, 2.05) is 34.6 Å². The van der Waals surface area contributed by atoms with Gasteiger partial charge in [0.25, 0.3) is 0 Å². The Kier molecular flexibility index (Phi) is 27.4. The quantitative estimate of drug-likeness (QED) is 0.148. The summed E-state index contributed by atoms with van der Waals surface area (Å²) in [6, 6.07) is 6.01. The van der Waals surface area contributed by atoms with E-state index >= 15 is 0 Å². The highest BCUT2D eigenvalue weighted by atomic mass is 16.5. The van der Waals surface area contributed by atoms with Crippen molar-refractivity contribution in [1.29, 1.82) is 0 Å². The first-order valence-electron chi connectivity index (χ1n) is 13.0. The third-order valence-corrected chi connectivity index (χ3v) is 4.68. The Morgan fingerprint density at radius 2 is 1.38 bits per heavy atom. The Morgan fingerprint density at radius 3 is 1.73 bits per heavy atom. The molecule has 0 radical (unpaired) electrons. The van der Waals surface area contributed by atoms with E-state index in [1.54, 1.807) is 19.1 Å². The van der Waals surface area contributed by atoms with Crippen molar-refractivity contribution in [3.63, 3.8) is 0 Å². The topological polar surface area (TPSA) is 119 Å². The molecule has 37 heavy (non-hydrogen) atoms. The second kappa shape index (κ2) is 26.2. The van der Waals surface area contributed by atoms with Gasteiger partial charge in [-0.25, -0.2) is 9.59 Å². The molecule has 8 heteroatoms. The number of rotatable bonds is 11. The monoisotopic (exact) mass is 526 g/mol. The second-order valence-corrected chi connectivity index (χ2v) is 8.34. The molecule has 0 spiro atoms. The van der Waals surface area contributed by atoms with Crippen molar-refractivity contribution in [2.45, 2.75) is 112 Å². The Balaban J connectivity index is -0.000000445. The average molecular weight is 527 g/mol. The van der Waals surface area contributed by atoms with Crippen LogP contribution in [0.25, 0.3) is 0 Å². The maximum absolute atomic E-state index is 11.4. The van der Waals surface area contributed by atoms with E-state index in [-0.39, 0.29) is 42.0 Å². The van der Waals surface area contributed by atoms with Crippen LogP contribution in [0.4, 0.5) is 0 Å². The molecule has 0 aliphatic heterocycles. The number of carbonyl (C=O) groups is 3. The molecule has 0 aromatic heterocycles. The highest BCUT2D eigenvalue weighted by Crippen LogP contribution is 2.11. The van der Waals surface area contributed by atoms with Crippen molar-refractivity contribution < 1.29 is 38.8 Å². The summed E-state index contributed by atoms with van der Waals surface area (Å²) < 4.78 is 14.6. The third-order valence-electron chi connectivity index (χ3n) is 4.68. The van der Waals surface area contributed by atoms with Crippen LogP contribution in [-0.4, -0.2) is 53.0 Å². The van der Waals surface area contributed by atoms with Crippen molar-refractivity contribution >= 4 is 17.9 Å². The minimum atomic E-state index is -0.348. The molecule has 1 rings (SSSR count). The molecule has 2 N–H and O–H groups in total. The number of phenolic OH excluding ortho intramolecular Hbond substituents is 1. The molecule has 0 aliphatic rings. The first-order valence-corrected chi connectivity index (χ1v) is 13.0. The van der Waals surface area contributed by atoms with Gasteiger partial charge < -0.3 is 24.4 Å². The lowest BCUT2D eigenvalue weighted by Gasteiger charge is -2.10. The highest BCUT2D eigenvalue weighted by Gasteiger charge is 2.09. The number of ether oxygens (including phenoxy) is 3. The van der Waals surface area contributed by atoms with Crippen LogP contribution >= 0.6 is 0 Å². The molecule has 214 valence electrons. The molecule has 0 heterocycles. The number of hydrogen-bond acceptors (Lipinski definition) is 8. The maximum Gasteiger partial charge on any atom is 0.338 e. The van der Waals surface area contributed by atoms with Crippen LogP contribution < -0.4 is 0 Å². The first kappa shape index (κ1) is 38.7. The number of benzene rings is 1. The van der Waals surface area contributed by atoms with Crippen LogP contribution in [0.2, 0.25) is 0 Å². The minimum Gasteiger partial charge on any atom is -0.508 e. The van der Waals surface area contributed by atoms with E-state index in [1.165, 1.54) is 25.1 Å². The largest absolute Gasteiger partial charge is 0.508 e. The number of aliphatic hydroxyl groups is 1. The summed E-state index contributed by atoms with van der Waals surface area (Å²) in [5.41, 5.74) is 0.461. The van der Waals surface area contributed by atoms with Crippen LogP contribution in [0.1, 0.15) is 104 Å². The molecule has 8 nitrogen and oxygen atoms in total. The summed E-state index contributed by atoms with van der Waals surface area (Å²) in [7, 11) is 0. The summed E-state index contributed by atoms with van der Waals surface area (Å²) in [4.78, 5) is 32.0. The van der Waals surface area contributed by atoms with Gasteiger partial charge in [-0.15, -0.1) is 0 Å². The van der Waals surface area contributed by atoms with E-state index in [2.05, 4.69) is 13.5 Å². The smallest absolute Gasteiger partial charge is 0.338 e. The fraction of sp³-hybridized carbons (Fsp3) is 0.621. The van der Waals surface area contributed by atoms with Crippen molar-refractivity contribution in [3.8, 4) is 5.75 Å². The number of unbranched alkanes of at least 4 members (excludes halogenated alkanes) is 2. The van der Waals surface area contributed by atoms with Gasteiger partial charge in [0.2, 0.25) is 0 Å². The maximum atomic E-state index is 11.4. The molecule has 1 aromatic rings. The summed E-state index contributed by atoms with van der Waals surface area (Å²) in [6.45, 7) is 18.7. The van der Waals surface area contributed by atoms with Crippen LogP contribution in [0.3, 0.4) is 0 Å². The van der Waals surface area contributed by atoms with Gasteiger partial charge in [0.05, 0.1) is 30.5 Å². The van der Waals surface area contributed by atoms with Gasteiger partial charge in [0.15, 0.2) is 0 Å². The lowest BCUT2D eigenvalue weighted by Crippen LogP contribution is -2.13. The van der Waals surface area contributed by atoms with Gasteiger partial charge in [-0.2, -0.15) is 0 Å². The van der Waals surface area contributed by atoms with Crippen molar-refractivity contribution in [2.24, 2.45) is 0 Å². The Bertz CT molecular complexity index is 713. The first-order chi connectivity index (χ1) is 17.4. The molecule has 0 saturated carbocycles. The van der Waals surface area contributed by atoms with Crippen LogP contribution in [0.15, 0.2) is 36.9 Å². The highest BCUT2D eigenvalue weighted by molar-refractivity contribution is 5.89. The normalized spacial score (nSPS) is 11.8.